The fourth-order valence-electron chi connectivity index (χ4n) is 2.11. The summed E-state index contributed by atoms with van der Waals surface area (Å²) in [5.74, 6) is 1.22. The van der Waals surface area contributed by atoms with Gasteiger partial charge in [0.15, 0.2) is 0 Å². The van der Waals surface area contributed by atoms with Gasteiger partial charge < -0.3 is 20.2 Å². The third kappa shape index (κ3) is 4.26. The Kier molecular flexibility index (Phi) is 6.95. The Morgan fingerprint density at radius 2 is 2.05 bits per heavy atom. The number of nitrogens with one attached hydrogen (secondary N) is 1. The summed E-state index contributed by atoms with van der Waals surface area (Å²) in [7, 11) is 1.63. The van der Waals surface area contributed by atoms with Gasteiger partial charge in [0.1, 0.15) is 17.8 Å². The number of carbonyl (C=O) groups is 1. The van der Waals surface area contributed by atoms with Crippen LogP contribution in [0.3, 0.4) is 0 Å². The number of methoxy groups -OCH3 is 1. The first-order chi connectivity index (χ1) is 10.2. The van der Waals surface area contributed by atoms with Crippen LogP contribution >= 0.6 is 12.4 Å². The monoisotopic (exact) mass is 324 g/mol. The maximum atomic E-state index is 12.2. The summed E-state index contributed by atoms with van der Waals surface area (Å²) in [6.07, 6.45) is 2.22. The molecule has 1 unspecified atom stereocenters. The molecule has 1 atom stereocenters. The summed E-state index contributed by atoms with van der Waals surface area (Å²) in [5.41, 5.74) is 7.00. The van der Waals surface area contributed by atoms with Gasteiger partial charge in [-0.05, 0) is 30.2 Å². The van der Waals surface area contributed by atoms with Crippen molar-refractivity contribution in [3.63, 3.8) is 0 Å². The van der Waals surface area contributed by atoms with Crippen molar-refractivity contribution < 1.29 is 13.9 Å². The highest BCUT2D eigenvalue weighted by Gasteiger charge is 2.16. The zero-order valence-electron chi connectivity index (χ0n) is 12.7. The fourth-order valence-corrected chi connectivity index (χ4v) is 2.11. The van der Waals surface area contributed by atoms with E-state index in [1.807, 2.05) is 31.2 Å². The highest BCUT2D eigenvalue weighted by Crippen LogP contribution is 2.21. The quantitative estimate of drug-likeness (QED) is 0.856. The molecule has 6 heteroatoms. The van der Waals surface area contributed by atoms with Crippen LogP contribution in [0.15, 0.2) is 41.0 Å². The average Bonchev–Trinajstić information content (AvgIpc) is 3.01. The van der Waals surface area contributed by atoms with Crippen LogP contribution in [0.1, 0.15) is 41.1 Å². The topological polar surface area (TPSA) is 77.5 Å². The maximum absolute atomic E-state index is 12.2. The van der Waals surface area contributed by atoms with E-state index < -0.39 is 0 Å². The molecule has 3 N–H and O–H groups in total. The van der Waals surface area contributed by atoms with Crippen LogP contribution in [0.4, 0.5) is 0 Å². The number of furan rings is 1. The first-order valence-electron chi connectivity index (χ1n) is 6.90. The molecule has 1 aromatic carbocycles. The lowest BCUT2D eigenvalue weighted by Crippen LogP contribution is -2.27. The summed E-state index contributed by atoms with van der Waals surface area (Å²) in [4.78, 5) is 12.2. The third-order valence-corrected chi connectivity index (χ3v) is 3.35. The normalized spacial score (nSPS) is 11.4. The Balaban J connectivity index is 0.00000242. The predicted octanol–water partition coefficient (Wildman–Crippen LogP) is 3.05. The fraction of sp³-hybridized carbons (Fsp3) is 0.312. The van der Waals surface area contributed by atoms with E-state index in [1.165, 1.54) is 6.26 Å². The van der Waals surface area contributed by atoms with E-state index in [4.69, 9.17) is 14.9 Å². The summed E-state index contributed by atoms with van der Waals surface area (Å²) in [6.45, 7) is 2.30. The third-order valence-electron chi connectivity index (χ3n) is 3.35. The van der Waals surface area contributed by atoms with Crippen molar-refractivity contribution >= 4 is 18.3 Å². The number of hydrogen-bond donors (Lipinski definition) is 2. The standard InChI is InChI=1S/C16H20N2O3.ClH/c1-3-15(11-4-6-13(20-2)7-5-11)18-16(19)12-8-14(9-17)21-10-12;/h4-8,10,15H,3,9,17H2,1-2H3,(H,18,19);1H. The molecule has 0 bridgehead atoms. The molecule has 1 amide bonds. The predicted molar refractivity (Wildman–Crippen MR) is 87.3 cm³/mol. The van der Waals surface area contributed by atoms with Crippen molar-refractivity contribution in [1.82, 2.24) is 5.32 Å². The van der Waals surface area contributed by atoms with Gasteiger partial charge in [-0.25, -0.2) is 0 Å². The highest BCUT2D eigenvalue weighted by molar-refractivity contribution is 5.94. The summed E-state index contributed by atoms with van der Waals surface area (Å²) in [6, 6.07) is 9.28. The van der Waals surface area contributed by atoms with Gasteiger partial charge in [-0.15, -0.1) is 12.4 Å². The van der Waals surface area contributed by atoms with E-state index in [2.05, 4.69) is 5.32 Å². The Morgan fingerprint density at radius 3 is 2.55 bits per heavy atom. The molecule has 0 aliphatic rings. The van der Waals surface area contributed by atoms with Crippen LogP contribution in [0.5, 0.6) is 5.75 Å². The number of carbonyl (C=O) groups excluding carboxylic acids is 1. The minimum absolute atomic E-state index is 0. The van der Waals surface area contributed by atoms with Gasteiger partial charge in [0.2, 0.25) is 0 Å². The Hall–Kier alpha value is -1.98. The lowest BCUT2D eigenvalue weighted by atomic mass is 10.0. The van der Waals surface area contributed by atoms with Crippen LogP contribution in [0.25, 0.3) is 0 Å². The molecule has 22 heavy (non-hydrogen) atoms. The van der Waals surface area contributed by atoms with E-state index in [9.17, 15) is 4.79 Å². The largest absolute Gasteiger partial charge is 0.497 e. The van der Waals surface area contributed by atoms with Crippen LogP contribution in [-0.2, 0) is 6.54 Å². The van der Waals surface area contributed by atoms with Crippen molar-refractivity contribution in [2.24, 2.45) is 5.73 Å². The van der Waals surface area contributed by atoms with Gasteiger partial charge in [-0.1, -0.05) is 19.1 Å². The molecule has 2 rings (SSSR count). The number of nitrogens with two attached hydrogens (primary N) is 1. The van der Waals surface area contributed by atoms with Crippen LogP contribution < -0.4 is 15.8 Å². The minimum atomic E-state index is -0.166. The average molecular weight is 325 g/mol. The van der Waals surface area contributed by atoms with Gasteiger partial charge in [-0.2, -0.15) is 0 Å². The molecule has 120 valence electrons. The minimum Gasteiger partial charge on any atom is -0.497 e. The Bertz CT molecular complexity index is 596. The van der Waals surface area contributed by atoms with Crippen molar-refractivity contribution in [3.05, 3.63) is 53.5 Å². The van der Waals surface area contributed by atoms with Crippen LogP contribution in [0.2, 0.25) is 0 Å². The highest BCUT2D eigenvalue weighted by atomic mass is 35.5. The van der Waals surface area contributed by atoms with Crippen molar-refractivity contribution in [3.8, 4) is 5.75 Å². The first kappa shape index (κ1) is 18.1. The van der Waals surface area contributed by atoms with E-state index in [-0.39, 0.29) is 30.9 Å². The second kappa shape index (κ2) is 8.46. The molecule has 0 aliphatic heterocycles. The first-order valence-corrected chi connectivity index (χ1v) is 6.90. The molecule has 0 saturated heterocycles. The molecule has 5 nitrogen and oxygen atoms in total. The van der Waals surface area contributed by atoms with Gasteiger partial charge >= 0.3 is 0 Å². The van der Waals surface area contributed by atoms with Crippen molar-refractivity contribution in [2.75, 3.05) is 7.11 Å². The molecular weight excluding hydrogens is 304 g/mol. The number of rotatable bonds is 6. The molecule has 0 radical (unpaired) electrons. The lowest BCUT2D eigenvalue weighted by Gasteiger charge is -2.17. The van der Waals surface area contributed by atoms with Gasteiger partial charge in [-0.3, -0.25) is 4.79 Å². The molecular formula is C16H21ClN2O3. The lowest BCUT2D eigenvalue weighted by molar-refractivity contribution is 0.0935. The molecule has 1 heterocycles. The number of halogens is 1. The SMILES string of the molecule is CCC(NC(=O)c1coc(CN)c1)c1ccc(OC)cc1.Cl. The Labute approximate surface area is 136 Å². The van der Waals surface area contributed by atoms with E-state index in [1.54, 1.807) is 13.2 Å². The molecule has 0 aliphatic carbocycles. The van der Waals surface area contributed by atoms with E-state index in [0.717, 1.165) is 17.7 Å². The molecule has 1 aromatic heterocycles. The number of hydrogen-bond acceptors (Lipinski definition) is 4. The van der Waals surface area contributed by atoms with Crippen LogP contribution in [0, 0.1) is 0 Å². The van der Waals surface area contributed by atoms with Crippen molar-refractivity contribution in [2.45, 2.75) is 25.9 Å². The zero-order chi connectivity index (χ0) is 15.2. The smallest absolute Gasteiger partial charge is 0.255 e. The number of ether oxygens (including phenoxy) is 1. The summed E-state index contributed by atoms with van der Waals surface area (Å²) in [5, 5.41) is 2.99. The van der Waals surface area contributed by atoms with Gasteiger partial charge in [0, 0.05) is 0 Å². The van der Waals surface area contributed by atoms with Gasteiger partial charge in [0.25, 0.3) is 5.91 Å². The summed E-state index contributed by atoms with van der Waals surface area (Å²) < 4.78 is 10.3. The number of amides is 1. The Morgan fingerprint density at radius 1 is 1.36 bits per heavy atom. The van der Waals surface area contributed by atoms with Gasteiger partial charge in [0.05, 0.1) is 25.3 Å². The van der Waals surface area contributed by atoms with E-state index >= 15 is 0 Å². The second-order valence-corrected chi connectivity index (χ2v) is 4.71. The molecule has 0 saturated carbocycles. The molecule has 2 aromatic rings. The second-order valence-electron chi connectivity index (χ2n) is 4.71. The van der Waals surface area contributed by atoms with Crippen molar-refractivity contribution in [1.29, 1.82) is 0 Å². The van der Waals surface area contributed by atoms with E-state index in [0.29, 0.717) is 11.3 Å². The summed E-state index contributed by atoms with van der Waals surface area (Å²) >= 11 is 0. The zero-order valence-corrected chi connectivity index (χ0v) is 13.5. The van der Waals surface area contributed by atoms with Crippen LogP contribution in [-0.4, -0.2) is 13.0 Å². The maximum Gasteiger partial charge on any atom is 0.255 e. The molecule has 0 fully saturated rings. The molecule has 0 spiro atoms. The number of benzene rings is 1.